The molecule has 0 fully saturated rings. The topological polar surface area (TPSA) is 33.5 Å². The number of para-hydroxylation sites is 1. The fourth-order valence-corrected chi connectivity index (χ4v) is 9.23. The summed E-state index contributed by atoms with van der Waals surface area (Å²) in [6.07, 6.45) is 1.93. The number of ether oxygens (including phenoxy) is 1. The summed E-state index contributed by atoms with van der Waals surface area (Å²) >= 11 is 0. The van der Waals surface area contributed by atoms with Crippen LogP contribution >= 0.6 is 0 Å². The van der Waals surface area contributed by atoms with Crippen LogP contribution in [0.5, 0.6) is 11.5 Å². The van der Waals surface area contributed by atoms with Crippen LogP contribution in [0.15, 0.2) is 134 Å². The van der Waals surface area contributed by atoms with E-state index in [1.54, 1.807) is 0 Å². The van der Waals surface area contributed by atoms with Crippen molar-refractivity contribution in [3.05, 3.63) is 193 Å². The number of hydrogen-bond donors (Lipinski definition) is 0. The molecule has 0 amide bonds. The third-order valence-corrected chi connectivity index (χ3v) is 13.4. The van der Waals surface area contributed by atoms with Crippen molar-refractivity contribution in [3.8, 4) is 17.3 Å². The normalized spacial score (nSPS) is 13.4. The molecule has 6 heteroatoms. The minimum absolute atomic E-state index is 0. The Hall–Kier alpha value is -5.64. The Morgan fingerprint density at radius 2 is 1.15 bits per heavy atom. The molecule has 0 unspecified atom stereocenters. The molecule has 9 rings (SSSR count). The molecule has 2 aromatic heterocycles. The number of rotatable bonds is 7. The zero-order valence-corrected chi connectivity index (χ0v) is 45.1. The summed E-state index contributed by atoms with van der Waals surface area (Å²) in [7, 11) is 0. The molecule has 0 saturated carbocycles. The van der Waals surface area contributed by atoms with Crippen LogP contribution in [0.25, 0.3) is 27.6 Å². The van der Waals surface area contributed by atoms with Gasteiger partial charge in [-0.05, 0) is 91.8 Å². The van der Waals surface area contributed by atoms with E-state index in [-0.39, 0.29) is 55.6 Å². The Morgan fingerprint density at radius 1 is 0.515 bits per heavy atom. The molecule has 0 atom stereocenters. The van der Waals surface area contributed by atoms with Crippen molar-refractivity contribution in [2.24, 2.45) is 0 Å². The third kappa shape index (κ3) is 9.41. The van der Waals surface area contributed by atoms with Crippen molar-refractivity contribution in [3.63, 3.8) is 0 Å². The van der Waals surface area contributed by atoms with Crippen molar-refractivity contribution in [1.82, 2.24) is 9.55 Å². The van der Waals surface area contributed by atoms with Crippen molar-refractivity contribution in [2.75, 3.05) is 9.80 Å². The Morgan fingerprint density at radius 3 is 1.82 bits per heavy atom. The average Bonchev–Trinajstić information content (AvgIpc) is 3.81. The van der Waals surface area contributed by atoms with Crippen molar-refractivity contribution in [1.29, 1.82) is 0 Å². The molecule has 0 bridgehead atoms. The van der Waals surface area contributed by atoms with Gasteiger partial charge in [0.15, 0.2) is 0 Å². The molecule has 0 spiro atoms. The number of hydrogen-bond acceptors (Lipinski definition) is 4. The largest absolute Gasteiger partial charge is 4.00 e. The van der Waals surface area contributed by atoms with Gasteiger partial charge in [0.1, 0.15) is 5.82 Å². The summed E-state index contributed by atoms with van der Waals surface area (Å²) in [5, 5.41) is 2.33. The standard InChI is InChI=1S/C61H65N4O.CH3.Pt/c1-57(2,3)41-27-28-52-53(34-41)63(45-24-20-23-43(31-45)61(13,14)40-21-16-15-17-22-40)39-64(52)46-32-44(59(7,8)9)33-47(36-46)66-48-37-50(60(10,11)12)56-49-25-18-19-26-51(49)65(54(56)38-48)55-35-42(29-30-62-55)58(4,5)6;;/h15-35,37,39H,1-14H3;1H3;/q-3;-1;+4. The molecule has 0 saturated heterocycles. The molecular weight excluding hydrogens is 1010 g/mol. The van der Waals surface area contributed by atoms with Crippen LogP contribution in [-0.2, 0) is 48.1 Å². The number of benzene rings is 6. The van der Waals surface area contributed by atoms with Crippen molar-refractivity contribution >= 4 is 44.6 Å². The maximum absolute atomic E-state index is 7.08. The summed E-state index contributed by atoms with van der Waals surface area (Å²) in [5.74, 6) is 2.13. The Bertz CT molecular complexity index is 3120. The zero-order chi connectivity index (χ0) is 47.1. The molecule has 3 heterocycles. The number of fused-ring (bicyclic) bond motifs is 4. The molecule has 6 aromatic carbocycles. The van der Waals surface area contributed by atoms with Gasteiger partial charge in [-0.2, -0.15) is 0 Å². The molecule has 0 radical (unpaired) electrons. The molecule has 0 N–H and O–H groups in total. The SMILES string of the molecule is CC(C)(C)c1cc(Oc2[c-]c3c(c(C(C)(C)C)c2)c2ccccc2n3-c2cc(C(C)(C)C)ccn2)[c-]c(N2[CH-]N(c3cccc(C(C)(C)c4ccccc4)c3)c3cc(C(C)(C)C)ccc32)c1.[CH3-].[Pt+4]. The predicted octanol–water partition coefficient (Wildman–Crippen LogP) is 16.9. The van der Waals surface area contributed by atoms with E-state index in [0.717, 1.165) is 50.6 Å². The first-order valence-corrected chi connectivity index (χ1v) is 23.5. The second-order valence-electron chi connectivity index (χ2n) is 22.8. The quantitative estimate of drug-likeness (QED) is 0.149. The number of pyridine rings is 1. The van der Waals surface area contributed by atoms with Crippen LogP contribution in [-0.4, -0.2) is 9.55 Å². The van der Waals surface area contributed by atoms with Crippen molar-refractivity contribution in [2.45, 2.75) is 124 Å². The van der Waals surface area contributed by atoms with Gasteiger partial charge in [0.25, 0.3) is 0 Å². The molecule has 5 nitrogen and oxygen atoms in total. The average molecular weight is 1080 g/mol. The Balaban J connectivity index is 0.00000342. The van der Waals surface area contributed by atoms with Crippen LogP contribution in [0.4, 0.5) is 22.7 Å². The van der Waals surface area contributed by atoms with E-state index in [2.05, 4.69) is 257 Å². The molecule has 68 heavy (non-hydrogen) atoms. The zero-order valence-electron chi connectivity index (χ0n) is 42.8. The summed E-state index contributed by atoms with van der Waals surface area (Å²) in [5.41, 5.74) is 12.9. The van der Waals surface area contributed by atoms with E-state index >= 15 is 0 Å². The second kappa shape index (κ2) is 18.0. The summed E-state index contributed by atoms with van der Waals surface area (Å²) < 4.78 is 9.34. The van der Waals surface area contributed by atoms with E-state index in [1.807, 2.05) is 6.20 Å². The van der Waals surface area contributed by atoms with Gasteiger partial charge in [-0.1, -0.05) is 175 Å². The maximum atomic E-state index is 7.08. The van der Waals surface area contributed by atoms with Gasteiger partial charge in [-0.25, -0.2) is 4.98 Å². The van der Waals surface area contributed by atoms with Gasteiger partial charge < -0.3 is 26.5 Å². The third-order valence-electron chi connectivity index (χ3n) is 13.4. The maximum Gasteiger partial charge on any atom is 4.00 e. The molecule has 352 valence electrons. The van der Waals surface area contributed by atoms with E-state index < -0.39 is 0 Å². The van der Waals surface area contributed by atoms with Gasteiger partial charge in [0.05, 0.1) is 0 Å². The fraction of sp³-hybridized carbons (Fsp3) is 0.306. The summed E-state index contributed by atoms with van der Waals surface area (Å²) in [6.45, 7) is 34.0. The van der Waals surface area contributed by atoms with E-state index in [9.17, 15) is 0 Å². The summed E-state index contributed by atoms with van der Waals surface area (Å²) in [4.78, 5) is 9.59. The molecule has 1 aliphatic heterocycles. The van der Waals surface area contributed by atoms with Gasteiger partial charge in [0, 0.05) is 45.7 Å². The first-order chi connectivity index (χ1) is 31.0. The van der Waals surface area contributed by atoms with Crippen molar-refractivity contribution < 1.29 is 25.8 Å². The Kier molecular flexibility index (Phi) is 13.3. The Labute approximate surface area is 421 Å². The van der Waals surface area contributed by atoms with Gasteiger partial charge in [-0.3, -0.25) is 0 Å². The molecular formula is C62H68N4OPt. The van der Waals surface area contributed by atoms with Crippen LogP contribution < -0.4 is 14.5 Å². The first kappa shape index (κ1) is 50.2. The number of nitrogens with zero attached hydrogens (tertiary/aromatic N) is 4. The van der Waals surface area contributed by atoms with E-state index in [4.69, 9.17) is 9.72 Å². The smallest absolute Gasteiger partial charge is 0.509 e. The van der Waals surface area contributed by atoms with Crippen LogP contribution in [0, 0.1) is 26.2 Å². The van der Waals surface area contributed by atoms with E-state index in [0.29, 0.717) is 11.5 Å². The number of aromatic nitrogens is 2. The summed E-state index contributed by atoms with van der Waals surface area (Å²) in [6, 6.07) is 53.8. The number of anilines is 4. The second-order valence-corrected chi connectivity index (χ2v) is 22.8. The van der Waals surface area contributed by atoms with Crippen LogP contribution in [0.3, 0.4) is 0 Å². The van der Waals surface area contributed by atoms with Gasteiger partial charge in [0.2, 0.25) is 0 Å². The van der Waals surface area contributed by atoms with Gasteiger partial charge in [-0.15, -0.1) is 53.8 Å². The van der Waals surface area contributed by atoms with Crippen LogP contribution in [0.2, 0.25) is 0 Å². The monoisotopic (exact) mass is 1080 g/mol. The first-order valence-electron chi connectivity index (χ1n) is 23.5. The van der Waals surface area contributed by atoms with Gasteiger partial charge >= 0.3 is 21.1 Å². The minimum atomic E-state index is -0.208. The minimum Gasteiger partial charge on any atom is -0.509 e. The van der Waals surface area contributed by atoms with E-state index in [1.165, 1.54) is 33.2 Å². The molecule has 0 aliphatic carbocycles. The molecule has 8 aromatic rings. The fourth-order valence-electron chi connectivity index (χ4n) is 9.23. The van der Waals surface area contributed by atoms with Crippen LogP contribution in [0.1, 0.15) is 130 Å². The molecule has 1 aliphatic rings. The predicted molar refractivity (Wildman–Crippen MR) is 284 cm³/mol.